The molecule has 94 valence electrons. The van der Waals surface area contributed by atoms with Crippen molar-refractivity contribution in [1.29, 1.82) is 0 Å². The van der Waals surface area contributed by atoms with E-state index in [0.29, 0.717) is 22.8 Å². The second kappa shape index (κ2) is 5.32. The van der Waals surface area contributed by atoms with Gasteiger partial charge >= 0.3 is 4.87 Å². The molecule has 0 aliphatic carbocycles. The Morgan fingerprint density at radius 3 is 2.89 bits per heavy atom. The first-order valence-electron chi connectivity index (χ1n) is 5.22. The third-order valence-electron chi connectivity index (χ3n) is 2.53. The summed E-state index contributed by atoms with van der Waals surface area (Å²) in [7, 11) is 1.57. The molecule has 6 heteroatoms. The summed E-state index contributed by atoms with van der Waals surface area (Å²) in [6.07, 6.45) is 1.76. The lowest BCUT2D eigenvalue weighted by Gasteiger charge is -2.09. The van der Waals surface area contributed by atoms with Crippen molar-refractivity contribution in [3.8, 4) is 5.75 Å². The van der Waals surface area contributed by atoms with Crippen LogP contribution in [0.15, 0.2) is 34.6 Å². The van der Waals surface area contributed by atoms with Gasteiger partial charge in [-0.3, -0.25) is 4.79 Å². The number of methoxy groups -OCH3 is 1. The molecule has 0 unspecified atom stereocenters. The number of nitrogens with zero attached hydrogens (tertiary/aromatic N) is 1. The van der Waals surface area contributed by atoms with Gasteiger partial charge in [0.15, 0.2) is 0 Å². The van der Waals surface area contributed by atoms with E-state index in [2.05, 4.69) is 0 Å². The van der Waals surface area contributed by atoms with Crippen molar-refractivity contribution in [2.24, 2.45) is 5.73 Å². The summed E-state index contributed by atoms with van der Waals surface area (Å²) in [4.78, 5) is 11.8. The van der Waals surface area contributed by atoms with Crippen LogP contribution in [-0.2, 0) is 6.54 Å². The first-order chi connectivity index (χ1) is 8.61. The summed E-state index contributed by atoms with van der Waals surface area (Å²) in [5, 5.41) is 1.77. The van der Waals surface area contributed by atoms with E-state index in [0.717, 1.165) is 5.56 Å². The molecule has 1 aromatic carbocycles. The number of ether oxygens (including phenoxy) is 1. The van der Waals surface area contributed by atoms with E-state index in [1.54, 1.807) is 23.3 Å². The second-order valence-corrected chi connectivity index (χ2v) is 4.99. The van der Waals surface area contributed by atoms with Gasteiger partial charge in [0.1, 0.15) is 10.7 Å². The number of rotatable bonds is 4. The van der Waals surface area contributed by atoms with Crippen LogP contribution in [0.3, 0.4) is 0 Å². The van der Waals surface area contributed by atoms with Gasteiger partial charge in [0.05, 0.1) is 19.2 Å². The number of nitrogens with two attached hydrogens (primary N) is 1. The minimum Gasteiger partial charge on any atom is -0.496 e. The maximum atomic E-state index is 11.5. The highest BCUT2D eigenvalue weighted by molar-refractivity contribution is 7.80. The second-order valence-electron chi connectivity index (χ2n) is 3.70. The lowest BCUT2D eigenvalue weighted by Crippen LogP contribution is -2.14. The number of hydrogen-bond donors (Lipinski definition) is 1. The minimum absolute atomic E-state index is 0.0207. The van der Waals surface area contributed by atoms with Gasteiger partial charge in [0.25, 0.3) is 0 Å². The van der Waals surface area contributed by atoms with Crippen LogP contribution in [0.5, 0.6) is 5.75 Å². The molecule has 2 rings (SSSR count). The molecule has 18 heavy (non-hydrogen) atoms. The number of thiocarbonyl (C=S) groups is 1. The highest BCUT2D eigenvalue weighted by Crippen LogP contribution is 2.20. The Morgan fingerprint density at radius 1 is 1.56 bits per heavy atom. The smallest absolute Gasteiger partial charge is 0.307 e. The van der Waals surface area contributed by atoms with Crippen LogP contribution in [-0.4, -0.2) is 16.7 Å². The van der Waals surface area contributed by atoms with Gasteiger partial charge in [0.2, 0.25) is 0 Å². The summed E-state index contributed by atoms with van der Waals surface area (Å²) in [6, 6.07) is 5.55. The summed E-state index contributed by atoms with van der Waals surface area (Å²) >= 11 is 6.12. The topological polar surface area (TPSA) is 57.2 Å². The fourth-order valence-electron chi connectivity index (χ4n) is 1.64. The Morgan fingerprint density at radius 2 is 2.33 bits per heavy atom. The predicted octanol–water partition coefficient (Wildman–Crippen LogP) is 1.60. The van der Waals surface area contributed by atoms with E-state index in [4.69, 9.17) is 22.7 Å². The fourth-order valence-corrected chi connectivity index (χ4v) is 2.40. The first kappa shape index (κ1) is 12.8. The highest BCUT2D eigenvalue weighted by Gasteiger charge is 2.07. The Kier molecular flexibility index (Phi) is 3.78. The quantitative estimate of drug-likeness (QED) is 0.864. The first-order valence-corrected chi connectivity index (χ1v) is 6.51. The molecule has 0 radical (unpaired) electrons. The van der Waals surface area contributed by atoms with Crippen LogP contribution >= 0.6 is 23.6 Å². The van der Waals surface area contributed by atoms with Crippen molar-refractivity contribution < 1.29 is 4.74 Å². The van der Waals surface area contributed by atoms with Crippen molar-refractivity contribution in [2.45, 2.75) is 6.54 Å². The molecule has 0 aliphatic rings. The van der Waals surface area contributed by atoms with Gasteiger partial charge in [-0.15, -0.1) is 0 Å². The van der Waals surface area contributed by atoms with Crippen molar-refractivity contribution in [2.75, 3.05) is 7.11 Å². The Balaban J connectivity index is 2.33. The Hall–Kier alpha value is -1.66. The van der Waals surface area contributed by atoms with E-state index in [9.17, 15) is 4.79 Å². The van der Waals surface area contributed by atoms with Gasteiger partial charge in [-0.2, -0.15) is 0 Å². The number of hydrogen-bond acceptors (Lipinski definition) is 4. The van der Waals surface area contributed by atoms with Crippen molar-refractivity contribution in [3.05, 3.63) is 50.6 Å². The predicted molar refractivity (Wildman–Crippen MR) is 76.6 cm³/mol. The third kappa shape index (κ3) is 2.60. The molecular formula is C12H12N2O2S2. The van der Waals surface area contributed by atoms with E-state index in [1.165, 1.54) is 11.3 Å². The molecule has 1 aromatic heterocycles. The molecule has 0 saturated heterocycles. The molecular weight excluding hydrogens is 268 g/mol. The lowest BCUT2D eigenvalue weighted by molar-refractivity contribution is 0.413. The van der Waals surface area contributed by atoms with Crippen molar-refractivity contribution >= 4 is 28.5 Å². The average molecular weight is 280 g/mol. The summed E-state index contributed by atoms with van der Waals surface area (Å²) < 4.78 is 6.88. The molecule has 4 nitrogen and oxygen atoms in total. The zero-order valence-electron chi connectivity index (χ0n) is 9.75. The largest absolute Gasteiger partial charge is 0.496 e. The molecule has 0 fully saturated rings. The van der Waals surface area contributed by atoms with Crippen LogP contribution in [0, 0.1) is 0 Å². The van der Waals surface area contributed by atoms with Crippen LogP contribution < -0.4 is 15.3 Å². The van der Waals surface area contributed by atoms with Gasteiger partial charge in [-0.1, -0.05) is 29.6 Å². The molecule has 0 saturated carbocycles. The van der Waals surface area contributed by atoms with Crippen molar-refractivity contribution in [3.63, 3.8) is 0 Å². The third-order valence-corrected chi connectivity index (χ3v) is 3.44. The van der Waals surface area contributed by atoms with Gasteiger partial charge < -0.3 is 15.0 Å². The molecule has 2 N–H and O–H groups in total. The van der Waals surface area contributed by atoms with E-state index >= 15 is 0 Å². The molecule has 0 atom stereocenters. The zero-order chi connectivity index (χ0) is 13.1. The standard InChI is InChI=1S/C12H12N2O2S2/c1-16-10-6-8(2-3-9(10)11(13)17)7-14-4-5-18-12(14)15/h2-6H,7H2,1H3,(H2,13,17). The number of benzene rings is 1. The van der Waals surface area contributed by atoms with Crippen molar-refractivity contribution in [1.82, 2.24) is 4.57 Å². The summed E-state index contributed by atoms with van der Waals surface area (Å²) in [5.74, 6) is 0.628. The number of thiazole rings is 1. The maximum Gasteiger partial charge on any atom is 0.307 e. The molecule has 1 heterocycles. The summed E-state index contributed by atoms with van der Waals surface area (Å²) in [6.45, 7) is 0.510. The average Bonchev–Trinajstić information content (AvgIpc) is 2.74. The maximum absolute atomic E-state index is 11.5. The van der Waals surface area contributed by atoms with Crippen LogP contribution in [0.2, 0.25) is 0 Å². The molecule has 2 aromatic rings. The highest BCUT2D eigenvalue weighted by atomic mass is 32.1. The van der Waals surface area contributed by atoms with E-state index in [1.807, 2.05) is 18.2 Å². The SMILES string of the molecule is COc1cc(Cn2ccsc2=O)ccc1C(N)=S. The number of aromatic nitrogens is 1. The zero-order valence-corrected chi connectivity index (χ0v) is 11.4. The van der Waals surface area contributed by atoms with E-state index < -0.39 is 0 Å². The monoisotopic (exact) mass is 280 g/mol. The summed E-state index contributed by atoms with van der Waals surface area (Å²) in [5.41, 5.74) is 7.27. The van der Waals surface area contributed by atoms with Crippen LogP contribution in [0.25, 0.3) is 0 Å². The van der Waals surface area contributed by atoms with Gasteiger partial charge in [-0.05, 0) is 17.7 Å². The molecule has 0 amide bonds. The molecule has 0 aliphatic heterocycles. The van der Waals surface area contributed by atoms with Crippen LogP contribution in [0.4, 0.5) is 0 Å². The molecule has 0 spiro atoms. The van der Waals surface area contributed by atoms with Crippen LogP contribution in [0.1, 0.15) is 11.1 Å². The van der Waals surface area contributed by atoms with E-state index in [-0.39, 0.29) is 4.87 Å². The van der Waals surface area contributed by atoms with Gasteiger partial charge in [0, 0.05) is 11.6 Å². The van der Waals surface area contributed by atoms with Gasteiger partial charge in [-0.25, -0.2) is 0 Å². The molecule has 0 bridgehead atoms. The lowest BCUT2D eigenvalue weighted by atomic mass is 10.1. The Bertz CT molecular complexity index is 631. The fraction of sp³-hybridized carbons (Fsp3) is 0.167. The minimum atomic E-state index is 0.0207. The normalized spacial score (nSPS) is 10.3. The Labute approximate surface area is 114 Å².